The molecule has 0 aliphatic heterocycles. The molecule has 0 saturated heterocycles. The highest BCUT2D eigenvalue weighted by atomic mass is 127. The first-order valence-electron chi connectivity index (χ1n) is 12.0. The number of halogens is 1. The zero-order valence-electron chi connectivity index (χ0n) is 20.1. The molecule has 0 fully saturated rings. The fraction of sp³-hybridized carbons (Fsp3) is 0.407. The van der Waals surface area contributed by atoms with Gasteiger partial charge in [0.05, 0.1) is 28.7 Å². The van der Waals surface area contributed by atoms with E-state index in [0.717, 1.165) is 22.0 Å². The predicted molar refractivity (Wildman–Crippen MR) is 144 cm³/mol. The van der Waals surface area contributed by atoms with Gasteiger partial charge in [-0.2, -0.15) is 0 Å². The molecule has 1 aliphatic rings. The zero-order chi connectivity index (χ0) is 25.9. The lowest BCUT2D eigenvalue weighted by atomic mass is 9.87. The Morgan fingerprint density at radius 1 is 1.28 bits per heavy atom. The Hall–Kier alpha value is -2.63. The van der Waals surface area contributed by atoms with Crippen LogP contribution in [0.2, 0.25) is 0 Å². The highest BCUT2D eigenvalue weighted by Gasteiger charge is 2.40. The van der Waals surface area contributed by atoms with Crippen LogP contribution in [0.25, 0.3) is 0 Å². The first kappa shape index (κ1) is 27.9. The van der Waals surface area contributed by atoms with Crippen molar-refractivity contribution in [2.24, 2.45) is 0 Å². The number of nitrogens with one attached hydrogen (secondary N) is 1. The summed E-state index contributed by atoms with van der Waals surface area (Å²) in [7, 11) is 0. The van der Waals surface area contributed by atoms with E-state index in [9.17, 15) is 14.7 Å². The van der Waals surface area contributed by atoms with Crippen LogP contribution in [0.5, 0.6) is 5.75 Å². The quantitative estimate of drug-likeness (QED) is 0.182. The maximum absolute atomic E-state index is 13.4. The van der Waals surface area contributed by atoms with E-state index in [2.05, 4.69) is 34.5 Å². The molecule has 0 saturated carbocycles. The normalized spacial score (nSPS) is 19.3. The lowest BCUT2D eigenvalue weighted by Gasteiger charge is -2.40. The number of carbonyl (C=O) groups is 2. The van der Waals surface area contributed by atoms with Gasteiger partial charge < -0.3 is 29.6 Å². The van der Waals surface area contributed by atoms with Crippen LogP contribution in [0.4, 0.5) is 0 Å². The second-order valence-electron chi connectivity index (χ2n) is 8.63. The molecule has 3 N–H and O–H groups in total. The molecule has 194 valence electrons. The van der Waals surface area contributed by atoms with E-state index >= 15 is 0 Å². The molecule has 0 radical (unpaired) electrons. The first-order chi connectivity index (χ1) is 17.4. The Morgan fingerprint density at radius 3 is 2.78 bits per heavy atom. The highest BCUT2D eigenvalue weighted by Crippen LogP contribution is 2.31. The molecule has 1 heterocycles. The number of furan rings is 1. The molecule has 3 rings (SSSR count). The molecule has 0 spiro atoms. The monoisotopic (exact) mass is 608 g/mol. The lowest BCUT2D eigenvalue weighted by Crippen LogP contribution is -2.54. The molecule has 36 heavy (non-hydrogen) atoms. The van der Waals surface area contributed by atoms with Gasteiger partial charge in [-0.1, -0.05) is 18.2 Å². The molecule has 1 aliphatic carbocycles. The van der Waals surface area contributed by atoms with Crippen molar-refractivity contribution in [2.75, 3.05) is 13.2 Å². The Morgan fingerprint density at radius 2 is 2.08 bits per heavy atom. The second-order valence-corrected chi connectivity index (χ2v) is 9.80. The SMILES string of the molecule is C=CCCCCC(=O)N(Cc1ccoc1)[C@@H]1CC(C(=O)NCCO)=C[C@H](Oc2ccccc2I)[C@H]1O. The van der Waals surface area contributed by atoms with Gasteiger partial charge in [0.15, 0.2) is 0 Å². The van der Waals surface area contributed by atoms with Crippen LogP contribution in [0.15, 0.2) is 71.6 Å². The van der Waals surface area contributed by atoms with Gasteiger partial charge in [-0.25, -0.2) is 0 Å². The minimum absolute atomic E-state index is 0.104. The van der Waals surface area contributed by atoms with Crippen LogP contribution in [0.1, 0.15) is 37.7 Å². The smallest absolute Gasteiger partial charge is 0.247 e. The maximum atomic E-state index is 13.4. The third-order valence-electron chi connectivity index (χ3n) is 6.02. The van der Waals surface area contributed by atoms with Crippen LogP contribution in [-0.2, 0) is 16.1 Å². The molecule has 0 bridgehead atoms. The fourth-order valence-corrected chi connectivity index (χ4v) is 4.66. The molecule has 1 aromatic heterocycles. The van der Waals surface area contributed by atoms with Crippen molar-refractivity contribution in [3.05, 3.63) is 76.3 Å². The van der Waals surface area contributed by atoms with E-state index in [1.165, 1.54) is 6.26 Å². The van der Waals surface area contributed by atoms with Gasteiger partial charge in [-0.05, 0) is 66.1 Å². The van der Waals surface area contributed by atoms with E-state index in [-0.39, 0.29) is 37.9 Å². The summed E-state index contributed by atoms with van der Waals surface area (Å²) in [5, 5.41) is 23.3. The molecular weight excluding hydrogens is 575 g/mol. The van der Waals surface area contributed by atoms with Crippen molar-refractivity contribution in [2.45, 2.75) is 56.9 Å². The molecule has 9 heteroatoms. The molecular formula is C27H33IN2O6. The topological polar surface area (TPSA) is 112 Å². The average Bonchev–Trinajstić information content (AvgIpc) is 3.39. The van der Waals surface area contributed by atoms with Crippen LogP contribution >= 0.6 is 22.6 Å². The largest absolute Gasteiger partial charge is 0.482 e. The second kappa shape index (κ2) is 14.2. The van der Waals surface area contributed by atoms with Crippen LogP contribution in [-0.4, -0.2) is 58.3 Å². The number of carbonyl (C=O) groups excluding carboxylic acids is 2. The van der Waals surface area contributed by atoms with Gasteiger partial charge in [0.1, 0.15) is 18.0 Å². The number of hydrogen-bond acceptors (Lipinski definition) is 6. The molecule has 1 aromatic carbocycles. The van der Waals surface area contributed by atoms with E-state index in [4.69, 9.17) is 14.3 Å². The number of amides is 2. The van der Waals surface area contributed by atoms with Gasteiger partial charge in [-0.15, -0.1) is 6.58 Å². The summed E-state index contributed by atoms with van der Waals surface area (Å²) in [5.74, 6) is 0.0969. The van der Waals surface area contributed by atoms with Gasteiger partial charge in [0, 0.05) is 37.1 Å². The molecule has 0 unspecified atom stereocenters. The number of rotatable bonds is 13. The van der Waals surface area contributed by atoms with Crippen molar-refractivity contribution >= 4 is 34.4 Å². The van der Waals surface area contributed by atoms with Gasteiger partial charge in [0.2, 0.25) is 11.8 Å². The minimum atomic E-state index is -1.07. The molecule has 2 aromatic rings. The number of benzene rings is 1. The van der Waals surface area contributed by atoms with Crippen LogP contribution < -0.4 is 10.1 Å². The zero-order valence-corrected chi connectivity index (χ0v) is 22.3. The number of aliphatic hydroxyl groups excluding tert-OH is 2. The van der Waals surface area contributed by atoms with Crippen molar-refractivity contribution in [3.8, 4) is 5.75 Å². The Bertz CT molecular complexity index is 1040. The fourth-order valence-electron chi connectivity index (χ4n) is 4.14. The number of aliphatic hydroxyl groups is 2. The van der Waals surface area contributed by atoms with E-state index < -0.39 is 18.2 Å². The Kier molecular flexibility index (Phi) is 11.0. The van der Waals surface area contributed by atoms with Crippen molar-refractivity contribution < 1.29 is 29.0 Å². The Balaban J connectivity index is 1.90. The molecule has 2 amide bonds. The van der Waals surface area contributed by atoms with Crippen LogP contribution in [0.3, 0.4) is 0 Å². The van der Waals surface area contributed by atoms with Gasteiger partial charge in [-0.3, -0.25) is 9.59 Å². The number of allylic oxidation sites excluding steroid dienone is 1. The van der Waals surface area contributed by atoms with Crippen LogP contribution in [0, 0.1) is 3.57 Å². The summed E-state index contributed by atoms with van der Waals surface area (Å²) in [6.07, 6.45) is 7.45. The van der Waals surface area contributed by atoms with Gasteiger partial charge >= 0.3 is 0 Å². The highest BCUT2D eigenvalue weighted by molar-refractivity contribution is 14.1. The lowest BCUT2D eigenvalue weighted by molar-refractivity contribution is -0.139. The van der Waals surface area contributed by atoms with Crippen molar-refractivity contribution in [3.63, 3.8) is 0 Å². The van der Waals surface area contributed by atoms with E-state index in [1.807, 2.05) is 24.3 Å². The van der Waals surface area contributed by atoms with E-state index in [0.29, 0.717) is 24.2 Å². The standard InChI is InChI=1S/C27H33IN2O6/c1-2-3-4-5-10-25(32)30(17-19-11-14-35-18-19)22-15-20(27(34)29-12-13-31)16-24(26(22)33)36-23-9-7-6-8-21(23)28/h2,6-9,11,14,16,18,22,24,26,31,33H,1,3-5,10,12-13,15,17H2,(H,29,34)/t22-,24+,26+/m1/s1. The first-order valence-corrected chi connectivity index (χ1v) is 13.1. The summed E-state index contributed by atoms with van der Waals surface area (Å²) in [6, 6.07) is 8.48. The average molecular weight is 608 g/mol. The summed E-state index contributed by atoms with van der Waals surface area (Å²) >= 11 is 2.15. The van der Waals surface area contributed by atoms with Gasteiger partial charge in [0.25, 0.3) is 0 Å². The third kappa shape index (κ3) is 7.68. The summed E-state index contributed by atoms with van der Waals surface area (Å²) in [5.41, 5.74) is 1.18. The third-order valence-corrected chi connectivity index (χ3v) is 6.91. The van der Waals surface area contributed by atoms with Crippen molar-refractivity contribution in [1.82, 2.24) is 10.2 Å². The predicted octanol–water partition coefficient (Wildman–Crippen LogP) is 3.57. The van der Waals surface area contributed by atoms with E-state index in [1.54, 1.807) is 29.4 Å². The Labute approximate surface area is 225 Å². The summed E-state index contributed by atoms with van der Waals surface area (Å²) in [4.78, 5) is 27.9. The number of hydrogen-bond donors (Lipinski definition) is 3. The number of para-hydroxylation sites is 1. The number of ether oxygens (including phenoxy) is 1. The molecule has 8 nitrogen and oxygen atoms in total. The minimum Gasteiger partial charge on any atom is -0.482 e. The number of nitrogens with zero attached hydrogens (tertiary/aromatic N) is 1. The summed E-state index contributed by atoms with van der Waals surface area (Å²) < 4.78 is 12.2. The van der Waals surface area contributed by atoms with Crippen molar-refractivity contribution in [1.29, 1.82) is 0 Å². The number of unbranched alkanes of at least 4 members (excludes halogenated alkanes) is 2. The maximum Gasteiger partial charge on any atom is 0.247 e. The summed E-state index contributed by atoms with van der Waals surface area (Å²) in [6.45, 7) is 3.88. The molecule has 3 atom stereocenters.